The van der Waals surface area contributed by atoms with E-state index in [1.165, 1.54) is 6.07 Å². The highest BCUT2D eigenvalue weighted by Gasteiger charge is 2.63. The predicted molar refractivity (Wildman–Crippen MR) is 141 cm³/mol. The average Bonchev–Trinajstić information content (AvgIpc) is 3.70. The van der Waals surface area contributed by atoms with Gasteiger partial charge in [-0.1, -0.05) is 5.11 Å². The lowest BCUT2D eigenvalue weighted by Crippen LogP contribution is -2.46. The highest BCUT2D eigenvalue weighted by atomic mass is 19.4. The highest BCUT2D eigenvalue weighted by molar-refractivity contribution is 5.95. The largest absolute Gasteiger partial charge is 0.493 e. The maximum atomic E-state index is 15.0. The van der Waals surface area contributed by atoms with Gasteiger partial charge in [0.05, 0.1) is 18.9 Å². The minimum Gasteiger partial charge on any atom is -0.493 e. The van der Waals surface area contributed by atoms with E-state index < -0.39 is 82.1 Å². The minimum atomic E-state index is -5.67. The maximum absolute atomic E-state index is 15.0. The van der Waals surface area contributed by atoms with Crippen molar-refractivity contribution in [2.24, 2.45) is 10.8 Å². The predicted octanol–water partition coefficient (Wildman–Crippen LogP) is 5.99. The lowest BCUT2D eigenvalue weighted by atomic mass is 9.83. The van der Waals surface area contributed by atoms with Gasteiger partial charge >= 0.3 is 12.4 Å². The van der Waals surface area contributed by atoms with Crippen molar-refractivity contribution in [2.45, 2.75) is 48.9 Å². The number of rotatable bonds is 9. The summed E-state index contributed by atoms with van der Waals surface area (Å²) in [6, 6.07) is 6.40. The second-order valence-electron chi connectivity index (χ2n) is 10.4. The van der Waals surface area contributed by atoms with Crippen LogP contribution in [0.3, 0.4) is 0 Å². The van der Waals surface area contributed by atoms with E-state index >= 15 is 13.2 Å². The molecule has 5 rings (SSSR count). The molecule has 0 unspecified atom stereocenters. The van der Waals surface area contributed by atoms with Crippen molar-refractivity contribution >= 4 is 5.91 Å². The van der Waals surface area contributed by atoms with E-state index in [0.29, 0.717) is 12.8 Å². The molecule has 3 aromatic rings. The molecule has 0 saturated heterocycles. The first-order valence-electron chi connectivity index (χ1n) is 13.1. The summed E-state index contributed by atoms with van der Waals surface area (Å²) < 4.78 is 118. The molecule has 17 heteroatoms. The number of alkyl halides is 6. The van der Waals surface area contributed by atoms with Crippen molar-refractivity contribution in [1.82, 2.24) is 4.98 Å². The summed E-state index contributed by atoms with van der Waals surface area (Å²) >= 11 is 0. The van der Waals surface area contributed by atoms with Crippen LogP contribution in [-0.4, -0.2) is 48.2 Å². The normalized spacial score (nSPS) is 19.1. The van der Waals surface area contributed by atoms with Crippen molar-refractivity contribution in [3.8, 4) is 28.5 Å². The smallest absolute Gasteiger partial charge is 0.423 e. The van der Waals surface area contributed by atoms with Crippen molar-refractivity contribution < 1.29 is 54.8 Å². The number of hydrogen-bond acceptors (Lipinski definition) is 7. The summed E-state index contributed by atoms with van der Waals surface area (Å²) in [6.07, 6.45) is -11.6. The Balaban J connectivity index is 1.81. The lowest BCUT2D eigenvalue weighted by molar-refractivity contribution is -0.267. The van der Waals surface area contributed by atoms with E-state index in [4.69, 9.17) is 25.5 Å². The number of benzene rings is 2. The van der Waals surface area contributed by atoms with Gasteiger partial charge in [-0.2, -0.15) is 26.3 Å². The average molecular weight is 642 g/mol. The van der Waals surface area contributed by atoms with Gasteiger partial charge in [-0.05, 0) is 60.8 Å². The van der Waals surface area contributed by atoms with Crippen LogP contribution >= 0.6 is 0 Å². The number of fused-ring (bicyclic) bond motifs is 1. The topological polar surface area (TPSA) is 153 Å². The summed E-state index contributed by atoms with van der Waals surface area (Å²) in [5.41, 5.74) is 2.47. The number of pyridine rings is 1. The number of azide groups is 1. The van der Waals surface area contributed by atoms with Crippen LogP contribution in [0.15, 0.2) is 47.6 Å². The number of carbonyl (C=O) groups excluding carboxylic acids is 1. The Hall–Kier alpha value is -4.76. The number of methoxy groups -OCH3 is 1. The Kier molecular flexibility index (Phi) is 7.74. The van der Waals surface area contributed by atoms with E-state index in [1.54, 1.807) is 0 Å². The molecular formula is C28H22F7N5O5. The number of amides is 1. The van der Waals surface area contributed by atoms with E-state index in [1.807, 2.05) is 0 Å². The molecule has 1 aliphatic carbocycles. The zero-order valence-electron chi connectivity index (χ0n) is 23.0. The first-order valence-corrected chi connectivity index (χ1v) is 13.1. The SMILES string of the molecule is COc1c(OC2CC2)ccc(C(N)=O)c1C[C@](O)(c1cc2c(c(-c3ccc(F)cc3)n1)OC[C@@]2(N=[N+]=[N-])C(F)(F)F)C(F)(F)F. The third-order valence-corrected chi connectivity index (χ3v) is 7.48. The Morgan fingerprint density at radius 1 is 1.18 bits per heavy atom. The van der Waals surface area contributed by atoms with Gasteiger partial charge in [0.15, 0.2) is 11.5 Å². The standard InChI is InChI=1S/C28H22F7N5O5/c1-43-22-17(16(24(36)41)8-9-19(22)45-15-6-7-15)11-26(42,28(33,34)35)20-10-18-23(21(38-20)13-2-4-14(29)5-3-13)44-12-25(18,39-40-37)27(30,31)32/h2-5,8-10,15,42H,6-7,11-12H2,1H3,(H2,36,41)/t25-,26-/m0/s1. The molecule has 0 spiro atoms. The molecule has 2 aliphatic rings. The van der Waals surface area contributed by atoms with Gasteiger partial charge in [0.1, 0.15) is 23.9 Å². The summed E-state index contributed by atoms with van der Waals surface area (Å²) in [5, 5.41) is 14.4. The number of primary amides is 1. The molecule has 1 amide bonds. The van der Waals surface area contributed by atoms with Crippen LogP contribution < -0.4 is 19.9 Å². The van der Waals surface area contributed by atoms with E-state index in [2.05, 4.69) is 15.0 Å². The fraction of sp³-hybridized carbons (Fsp3) is 0.357. The first-order chi connectivity index (χ1) is 21.1. The van der Waals surface area contributed by atoms with Gasteiger partial charge in [0.2, 0.25) is 17.0 Å². The number of ether oxygens (including phenoxy) is 3. The summed E-state index contributed by atoms with van der Waals surface area (Å²) in [4.78, 5) is 18.5. The zero-order valence-corrected chi connectivity index (χ0v) is 23.0. The molecule has 2 aromatic carbocycles. The molecule has 2 heterocycles. The number of aliphatic hydroxyl groups is 1. The van der Waals surface area contributed by atoms with E-state index in [0.717, 1.165) is 37.4 Å². The molecule has 0 radical (unpaired) electrons. The molecule has 2 atom stereocenters. The van der Waals surface area contributed by atoms with Crippen LogP contribution in [0, 0.1) is 5.82 Å². The number of carbonyl (C=O) groups is 1. The summed E-state index contributed by atoms with van der Waals surface area (Å²) in [5.74, 6) is -3.12. The Labute approximate surface area is 249 Å². The zero-order chi connectivity index (χ0) is 32.9. The quantitative estimate of drug-likeness (QED) is 0.127. The second kappa shape index (κ2) is 11.0. The van der Waals surface area contributed by atoms with Gasteiger partial charge in [-0.25, -0.2) is 9.37 Å². The number of nitrogens with two attached hydrogens (primary N) is 1. The molecular weight excluding hydrogens is 619 g/mol. The summed E-state index contributed by atoms with van der Waals surface area (Å²) in [6.45, 7) is -1.36. The van der Waals surface area contributed by atoms with Crippen LogP contribution in [0.25, 0.3) is 21.7 Å². The summed E-state index contributed by atoms with van der Waals surface area (Å²) in [7, 11) is 1.07. The highest BCUT2D eigenvalue weighted by Crippen LogP contribution is 2.55. The number of hydrogen-bond donors (Lipinski definition) is 2. The molecule has 1 aromatic heterocycles. The van der Waals surface area contributed by atoms with Crippen molar-refractivity contribution in [1.29, 1.82) is 0 Å². The maximum Gasteiger partial charge on any atom is 0.423 e. The molecule has 1 saturated carbocycles. The molecule has 10 nitrogen and oxygen atoms in total. The third-order valence-electron chi connectivity index (χ3n) is 7.48. The van der Waals surface area contributed by atoms with Gasteiger partial charge in [0.25, 0.3) is 0 Å². The van der Waals surface area contributed by atoms with Gasteiger partial charge < -0.3 is 25.1 Å². The van der Waals surface area contributed by atoms with Crippen molar-refractivity contribution in [3.63, 3.8) is 0 Å². The fourth-order valence-corrected chi connectivity index (χ4v) is 4.99. The Morgan fingerprint density at radius 3 is 2.38 bits per heavy atom. The Bertz CT molecular complexity index is 1710. The van der Waals surface area contributed by atoms with Crippen LogP contribution in [0.1, 0.15) is 40.0 Å². The van der Waals surface area contributed by atoms with E-state index in [9.17, 15) is 27.5 Å². The van der Waals surface area contributed by atoms with Crippen LogP contribution in [0.2, 0.25) is 0 Å². The monoisotopic (exact) mass is 641 g/mol. The van der Waals surface area contributed by atoms with Gasteiger partial charge in [-0.3, -0.25) is 4.79 Å². The lowest BCUT2D eigenvalue weighted by Gasteiger charge is -2.33. The van der Waals surface area contributed by atoms with Crippen LogP contribution in [-0.2, 0) is 17.6 Å². The van der Waals surface area contributed by atoms with Crippen molar-refractivity contribution in [3.05, 3.63) is 81.1 Å². The second-order valence-corrected chi connectivity index (χ2v) is 10.4. The molecule has 45 heavy (non-hydrogen) atoms. The minimum absolute atomic E-state index is 0.0636. The fourth-order valence-electron chi connectivity index (χ4n) is 4.99. The van der Waals surface area contributed by atoms with Crippen molar-refractivity contribution in [2.75, 3.05) is 13.7 Å². The Morgan fingerprint density at radius 2 is 1.84 bits per heavy atom. The molecule has 3 N–H and O–H groups in total. The number of nitrogens with zero attached hydrogens (tertiary/aromatic N) is 4. The molecule has 1 aliphatic heterocycles. The van der Waals surface area contributed by atoms with Gasteiger partial charge in [-0.15, -0.1) is 0 Å². The number of aromatic nitrogens is 1. The third kappa shape index (κ3) is 5.42. The molecule has 1 fully saturated rings. The van der Waals surface area contributed by atoms with Crippen LogP contribution in [0.5, 0.6) is 17.2 Å². The first kappa shape index (κ1) is 31.7. The van der Waals surface area contributed by atoms with Crippen LogP contribution in [0.4, 0.5) is 30.7 Å². The number of halogens is 7. The van der Waals surface area contributed by atoms with Gasteiger partial charge in [0, 0.05) is 33.6 Å². The van der Waals surface area contributed by atoms with E-state index in [-0.39, 0.29) is 29.2 Å². The molecule has 0 bridgehead atoms. The molecule has 238 valence electrons.